The van der Waals surface area contributed by atoms with Crippen molar-refractivity contribution in [2.45, 2.75) is 45.1 Å². The second-order valence-electron chi connectivity index (χ2n) is 6.96. The van der Waals surface area contributed by atoms with Crippen molar-refractivity contribution in [1.82, 2.24) is 0 Å². The number of hydrogen-bond acceptors (Lipinski definition) is 3. The molecule has 4 aliphatic carbocycles. The van der Waals surface area contributed by atoms with Gasteiger partial charge in [0.2, 0.25) is 5.76 Å². The summed E-state index contributed by atoms with van der Waals surface area (Å²) in [7, 11) is 0. The van der Waals surface area contributed by atoms with E-state index in [-0.39, 0.29) is 0 Å². The second kappa shape index (κ2) is 4.55. The molecule has 0 radical (unpaired) electrons. The highest BCUT2D eigenvalue weighted by atomic mass is 16.4. The van der Waals surface area contributed by atoms with Crippen molar-refractivity contribution in [3.63, 3.8) is 0 Å². The molecule has 0 N–H and O–H groups in total. The third-order valence-corrected chi connectivity index (χ3v) is 5.86. The van der Waals surface area contributed by atoms with Crippen LogP contribution in [0.4, 0.5) is 5.88 Å². The second-order valence-corrected chi connectivity index (χ2v) is 6.96. The first-order chi connectivity index (χ1) is 9.78. The molecule has 4 aliphatic rings. The molecule has 3 nitrogen and oxygen atoms in total. The van der Waals surface area contributed by atoms with E-state index in [1.807, 2.05) is 6.07 Å². The first-order valence-corrected chi connectivity index (χ1v) is 8.05. The molecule has 3 heteroatoms. The van der Waals surface area contributed by atoms with Crippen LogP contribution in [0.3, 0.4) is 0 Å². The SMILES string of the molecule is CCN(c1ccc(C#N)o1)C1C2CC3CC(C2)CC1C3. The Balaban J connectivity index is 1.63. The van der Waals surface area contributed by atoms with E-state index in [1.54, 1.807) is 6.07 Å². The molecule has 1 aromatic rings. The highest BCUT2D eigenvalue weighted by molar-refractivity contribution is 5.41. The fraction of sp³-hybridized carbons (Fsp3) is 0.706. The lowest BCUT2D eigenvalue weighted by Gasteiger charge is -2.57. The zero-order chi connectivity index (χ0) is 13.7. The third kappa shape index (κ3) is 1.78. The monoisotopic (exact) mass is 270 g/mol. The van der Waals surface area contributed by atoms with Crippen LogP contribution in [0.1, 0.15) is 44.8 Å². The number of hydrogen-bond donors (Lipinski definition) is 0. The molecule has 1 aromatic heterocycles. The Bertz CT molecular complexity index is 513. The van der Waals surface area contributed by atoms with Crippen molar-refractivity contribution >= 4 is 5.88 Å². The van der Waals surface area contributed by atoms with Gasteiger partial charge in [0.05, 0.1) is 0 Å². The maximum absolute atomic E-state index is 8.96. The smallest absolute Gasteiger partial charge is 0.206 e. The minimum atomic E-state index is 0.433. The Hall–Kier alpha value is -1.43. The van der Waals surface area contributed by atoms with E-state index in [0.29, 0.717) is 11.8 Å². The van der Waals surface area contributed by atoms with Crippen LogP contribution in [0.5, 0.6) is 0 Å². The molecular weight excluding hydrogens is 248 g/mol. The minimum Gasteiger partial charge on any atom is -0.430 e. The summed E-state index contributed by atoms with van der Waals surface area (Å²) in [6.45, 7) is 3.19. The van der Waals surface area contributed by atoms with Crippen molar-refractivity contribution in [3.8, 4) is 6.07 Å². The van der Waals surface area contributed by atoms with Crippen LogP contribution < -0.4 is 4.90 Å². The predicted octanol–water partition coefficient (Wildman–Crippen LogP) is 3.80. The number of rotatable bonds is 3. The average Bonchev–Trinajstić information content (AvgIpc) is 2.90. The van der Waals surface area contributed by atoms with Crippen LogP contribution in [-0.2, 0) is 0 Å². The molecule has 0 aromatic carbocycles. The molecule has 4 fully saturated rings. The fourth-order valence-corrected chi connectivity index (χ4v) is 5.46. The van der Waals surface area contributed by atoms with E-state index in [0.717, 1.165) is 36.1 Å². The van der Waals surface area contributed by atoms with Crippen molar-refractivity contribution in [2.24, 2.45) is 23.7 Å². The maximum Gasteiger partial charge on any atom is 0.206 e. The normalized spacial score (nSPS) is 37.9. The van der Waals surface area contributed by atoms with Crippen LogP contribution in [0.25, 0.3) is 0 Å². The minimum absolute atomic E-state index is 0.433. The molecule has 0 atom stereocenters. The molecule has 4 bridgehead atoms. The van der Waals surface area contributed by atoms with Gasteiger partial charge in [-0.1, -0.05) is 0 Å². The summed E-state index contributed by atoms with van der Waals surface area (Å²) in [4.78, 5) is 2.44. The topological polar surface area (TPSA) is 40.2 Å². The Morgan fingerprint density at radius 2 is 1.80 bits per heavy atom. The van der Waals surface area contributed by atoms with E-state index in [4.69, 9.17) is 9.68 Å². The molecule has 4 saturated carbocycles. The van der Waals surface area contributed by atoms with Crippen molar-refractivity contribution in [1.29, 1.82) is 5.26 Å². The average molecular weight is 270 g/mol. The zero-order valence-corrected chi connectivity index (χ0v) is 12.1. The largest absolute Gasteiger partial charge is 0.430 e. The molecule has 0 unspecified atom stereocenters. The van der Waals surface area contributed by atoms with Gasteiger partial charge in [-0.2, -0.15) is 5.26 Å². The van der Waals surface area contributed by atoms with Gasteiger partial charge in [-0.25, -0.2) is 0 Å². The highest BCUT2D eigenvalue weighted by Gasteiger charge is 2.50. The number of furan rings is 1. The lowest BCUT2D eigenvalue weighted by atomic mass is 9.54. The predicted molar refractivity (Wildman–Crippen MR) is 77.3 cm³/mol. The van der Waals surface area contributed by atoms with Gasteiger partial charge in [-0.3, -0.25) is 0 Å². The fourth-order valence-electron chi connectivity index (χ4n) is 5.46. The maximum atomic E-state index is 8.96. The molecule has 20 heavy (non-hydrogen) atoms. The van der Waals surface area contributed by atoms with Crippen molar-refractivity contribution in [3.05, 3.63) is 17.9 Å². The first-order valence-electron chi connectivity index (χ1n) is 8.05. The summed E-state index contributed by atoms with van der Waals surface area (Å²) in [5.74, 6) is 5.03. The molecule has 0 saturated heterocycles. The first kappa shape index (κ1) is 12.3. The Kier molecular flexibility index (Phi) is 2.80. The standard InChI is InChI=1S/C17H22N2O/c1-2-19(16-4-3-15(10-18)20-16)17-13-6-11-5-12(8-13)9-14(17)7-11/h3-4,11-14,17H,2,5-9H2,1H3. The zero-order valence-electron chi connectivity index (χ0n) is 12.1. The van der Waals surface area contributed by atoms with Crippen molar-refractivity contribution < 1.29 is 4.42 Å². The van der Waals surface area contributed by atoms with Crippen molar-refractivity contribution in [2.75, 3.05) is 11.4 Å². The van der Waals surface area contributed by atoms with Crippen LogP contribution in [0.15, 0.2) is 16.5 Å². The van der Waals surface area contributed by atoms with Gasteiger partial charge < -0.3 is 9.32 Å². The lowest BCUT2D eigenvalue weighted by Crippen LogP contribution is -2.56. The highest BCUT2D eigenvalue weighted by Crippen LogP contribution is 2.55. The van der Waals surface area contributed by atoms with E-state index in [2.05, 4.69) is 17.9 Å². The molecule has 0 amide bonds. The van der Waals surface area contributed by atoms with Gasteiger partial charge in [-0.15, -0.1) is 0 Å². The Morgan fingerprint density at radius 1 is 1.15 bits per heavy atom. The van der Waals surface area contributed by atoms with Gasteiger partial charge in [0, 0.05) is 18.7 Å². The molecule has 0 spiro atoms. The summed E-state index contributed by atoms with van der Waals surface area (Å²) in [5, 5.41) is 8.96. The van der Waals surface area contributed by atoms with E-state index in [9.17, 15) is 0 Å². The van der Waals surface area contributed by atoms with Crippen LogP contribution >= 0.6 is 0 Å². The molecule has 1 heterocycles. The number of nitrogens with zero attached hydrogens (tertiary/aromatic N) is 2. The summed E-state index contributed by atoms with van der Waals surface area (Å²) in [6.07, 6.45) is 7.16. The summed E-state index contributed by atoms with van der Waals surface area (Å²) in [5.41, 5.74) is 0. The molecule has 106 valence electrons. The van der Waals surface area contributed by atoms with E-state index >= 15 is 0 Å². The van der Waals surface area contributed by atoms with Crippen LogP contribution in [-0.4, -0.2) is 12.6 Å². The Morgan fingerprint density at radius 3 is 2.30 bits per heavy atom. The number of nitriles is 1. The van der Waals surface area contributed by atoms with Gasteiger partial charge in [0.1, 0.15) is 6.07 Å². The van der Waals surface area contributed by atoms with E-state index < -0.39 is 0 Å². The van der Waals surface area contributed by atoms with Gasteiger partial charge >= 0.3 is 0 Å². The molecule has 0 aliphatic heterocycles. The molecule has 5 rings (SSSR count). The van der Waals surface area contributed by atoms with Gasteiger partial charge in [0.25, 0.3) is 0 Å². The van der Waals surface area contributed by atoms with Crippen LogP contribution in [0.2, 0.25) is 0 Å². The number of anilines is 1. The van der Waals surface area contributed by atoms with Crippen LogP contribution in [0, 0.1) is 35.0 Å². The Labute approximate surface area is 120 Å². The summed E-state index contributed by atoms with van der Waals surface area (Å²) in [6, 6.07) is 6.52. The van der Waals surface area contributed by atoms with Gasteiger partial charge in [0.15, 0.2) is 5.88 Å². The lowest BCUT2D eigenvalue weighted by molar-refractivity contribution is -0.00361. The summed E-state index contributed by atoms with van der Waals surface area (Å²) < 4.78 is 5.71. The third-order valence-electron chi connectivity index (χ3n) is 5.86. The van der Waals surface area contributed by atoms with E-state index in [1.165, 1.54) is 32.1 Å². The van der Waals surface area contributed by atoms with Gasteiger partial charge in [-0.05, 0) is 68.8 Å². The molecular formula is C17H22N2O. The summed E-state index contributed by atoms with van der Waals surface area (Å²) >= 11 is 0. The quantitative estimate of drug-likeness (QED) is 0.838.